The number of para-hydroxylation sites is 1. The van der Waals surface area contributed by atoms with Gasteiger partial charge < -0.3 is 19.9 Å². The van der Waals surface area contributed by atoms with Crippen LogP contribution in [0.5, 0.6) is 5.75 Å². The summed E-state index contributed by atoms with van der Waals surface area (Å²) in [5.74, 6) is 0.334. The maximum atomic E-state index is 13.1. The van der Waals surface area contributed by atoms with Crippen molar-refractivity contribution in [2.24, 2.45) is 5.73 Å². The second-order valence-electron chi connectivity index (χ2n) is 6.97. The molecule has 2 heterocycles. The van der Waals surface area contributed by atoms with Gasteiger partial charge in [-0.25, -0.2) is 4.39 Å². The van der Waals surface area contributed by atoms with Crippen molar-refractivity contribution in [3.05, 3.63) is 65.7 Å². The first kappa shape index (κ1) is 20.0. The number of aromatic nitrogens is 3. The summed E-state index contributed by atoms with van der Waals surface area (Å²) in [6.07, 6.45) is -1.48. The van der Waals surface area contributed by atoms with E-state index in [0.717, 1.165) is 16.5 Å². The molecule has 0 amide bonds. The number of H-pyrrole nitrogens is 1. The number of nitrogens with one attached hydrogen (secondary N) is 1. The molecular formula is C21H19F3N4O2. The molecule has 156 valence electrons. The minimum Gasteiger partial charge on any atom is -0.430 e. The second kappa shape index (κ2) is 7.83. The normalized spacial score (nSPS) is 13.0. The first-order chi connectivity index (χ1) is 14.4. The zero-order chi connectivity index (χ0) is 21.3. The van der Waals surface area contributed by atoms with Crippen molar-refractivity contribution in [2.45, 2.75) is 25.5 Å². The van der Waals surface area contributed by atoms with Crippen LogP contribution in [-0.4, -0.2) is 28.0 Å². The highest BCUT2D eigenvalue weighted by Gasteiger charge is 2.32. The Bertz CT molecular complexity index is 1170. The van der Waals surface area contributed by atoms with Gasteiger partial charge >= 0.3 is 6.11 Å². The Morgan fingerprint density at radius 1 is 1.20 bits per heavy atom. The van der Waals surface area contributed by atoms with E-state index in [1.165, 1.54) is 12.1 Å². The van der Waals surface area contributed by atoms with E-state index >= 15 is 0 Å². The summed E-state index contributed by atoms with van der Waals surface area (Å²) < 4.78 is 48.7. The lowest BCUT2D eigenvalue weighted by molar-refractivity contribution is -0.186. The molecule has 4 rings (SSSR count). The van der Waals surface area contributed by atoms with Gasteiger partial charge in [0.25, 0.3) is 0 Å². The van der Waals surface area contributed by atoms with E-state index in [-0.39, 0.29) is 17.5 Å². The molecule has 0 saturated heterocycles. The number of rotatable bonds is 7. The number of fused-ring (bicyclic) bond motifs is 1. The number of nitrogens with two attached hydrogens (primary N) is 1. The molecule has 2 aromatic carbocycles. The summed E-state index contributed by atoms with van der Waals surface area (Å²) in [7, 11) is 0. The Morgan fingerprint density at radius 3 is 2.77 bits per heavy atom. The van der Waals surface area contributed by atoms with Crippen molar-refractivity contribution in [1.82, 2.24) is 15.2 Å². The van der Waals surface area contributed by atoms with Crippen LogP contribution in [0.15, 0.2) is 53.1 Å². The van der Waals surface area contributed by atoms with Crippen LogP contribution in [0.4, 0.5) is 13.2 Å². The predicted octanol–water partition coefficient (Wildman–Crippen LogP) is 4.71. The third kappa shape index (κ3) is 4.02. The highest BCUT2D eigenvalue weighted by Crippen LogP contribution is 2.30. The van der Waals surface area contributed by atoms with Crippen LogP contribution >= 0.6 is 0 Å². The summed E-state index contributed by atoms with van der Waals surface area (Å²) in [5.41, 5.74) is 9.20. The summed E-state index contributed by atoms with van der Waals surface area (Å²) in [5, 5.41) is 9.11. The first-order valence-electron chi connectivity index (χ1n) is 9.24. The largest absolute Gasteiger partial charge is 0.430 e. The molecule has 0 aliphatic carbocycles. The van der Waals surface area contributed by atoms with Crippen LogP contribution < -0.4 is 10.5 Å². The van der Waals surface area contributed by atoms with Crippen molar-refractivity contribution in [3.63, 3.8) is 0 Å². The van der Waals surface area contributed by atoms with Gasteiger partial charge in [-0.15, -0.1) is 10.2 Å². The minimum atomic E-state index is -3.88. The fourth-order valence-electron chi connectivity index (χ4n) is 3.21. The molecule has 9 heteroatoms. The number of alkyl halides is 3. The van der Waals surface area contributed by atoms with E-state index < -0.39 is 18.8 Å². The lowest BCUT2D eigenvalue weighted by Crippen LogP contribution is -2.27. The molecule has 3 N–H and O–H groups in total. The Morgan fingerprint density at radius 2 is 2.00 bits per heavy atom. The van der Waals surface area contributed by atoms with Crippen molar-refractivity contribution in [3.8, 4) is 17.2 Å². The molecule has 1 atom stereocenters. The van der Waals surface area contributed by atoms with Gasteiger partial charge in [-0.2, -0.15) is 8.78 Å². The zero-order valence-electron chi connectivity index (χ0n) is 16.0. The van der Waals surface area contributed by atoms with E-state index in [2.05, 4.69) is 19.9 Å². The average molecular weight is 416 g/mol. The van der Waals surface area contributed by atoms with Gasteiger partial charge in [0, 0.05) is 22.7 Å². The Hall–Kier alpha value is -3.33. The number of benzene rings is 2. The molecule has 0 saturated carbocycles. The Labute approximate surface area is 169 Å². The van der Waals surface area contributed by atoms with E-state index in [1.807, 2.05) is 30.5 Å². The SMILES string of the molecule is Cc1cc(-c2nnc([C@H](N)Cc3c[nH]c4ccccc34)o2)ccc1OC(F)(F)CF. The Kier molecular flexibility index (Phi) is 5.21. The van der Waals surface area contributed by atoms with Crippen molar-refractivity contribution >= 4 is 10.9 Å². The number of halogens is 3. The monoisotopic (exact) mass is 416 g/mol. The molecule has 0 unspecified atom stereocenters. The minimum absolute atomic E-state index is 0.128. The van der Waals surface area contributed by atoms with E-state index in [1.54, 1.807) is 13.0 Å². The number of nitrogens with zero attached hydrogens (tertiary/aromatic N) is 2. The zero-order valence-corrected chi connectivity index (χ0v) is 16.0. The van der Waals surface area contributed by atoms with Crippen LogP contribution in [0.3, 0.4) is 0 Å². The smallest absolute Gasteiger partial charge is 0.427 e. The number of aryl methyl sites for hydroxylation is 1. The molecule has 0 fully saturated rings. The van der Waals surface area contributed by atoms with Crippen molar-refractivity contribution in [2.75, 3.05) is 6.67 Å². The maximum absolute atomic E-state index is 13.1. The molecule has 30 heavy (non-hydrogen) atoms. The van der Waals surface area contributed by atoms with Crippen LogP contribution in [0.2, 0.25) is 0 Å². The van der Waals surface area contributed by atoms with E-state index in [4.69, 9.17) is 10.2 Å². The molecule has 0 radical (unpaired) electrons. The third-order valence-electron chi connectivity index (χ3n) is 4.71. The molecule has 0 aliphatic rings. The van der Waals surface area contributed by atoms with Gasteiger partial charge in [0.15, 0.2) is 6.67 Å². The molecule has 2 aromatic heterocycles. The summed E-state index contributed by atoms with van der Waals surface area (Å²) in [6.45, 7) is -0.345. The number of ether oxygens (including phenoxy) is 1. The van der Waals surface area contributed by atoms with Crippen LogP contribution in [0.1, 0.15) is 23.1 Å². The number of hydrogen-bond acceptors (Lipinski definition) is 5. The van der Waals surface area contributed by atoms with Crippen molar-refractivity contribution in [1.29, 1.82) is 0 Å². The number of hydrogen-bond donors (Lipinski definition) is 2. The highest BCUT2D eigenvalue weighted by atomic mass is 19.3. The summed E-state index contributed by atoms with van der Waals surface area (Å²) in [4.78, 5) is 3.20. The standard InChI is InChI=1S/C21H19F3N4O2/c1-12-8-13(6-7-18(12)30-21(23,24)11-22)19-27-28-20(29-19)16(25)9-14-10-26-17-5-3-2-4-15(14)17/h2-8,10,16,26H,9,11,25H2,1H3/t16-/m1/s1. The van der Waals surface area contributed by atoms with Crippen LogP contribution in [-0.2, 0) is 6.42 Å². The van der Waals surface area contributed by atoms with Gasteiger partial charge in [-0.05, 0) is 48.7 Å². The maximum Gasteiger partial charge on any atom is 0.427 e. The topological polar surface area (TPSA) is 90.0 Å². The molecule has 0 aliphatic heterocycles. The first-order valence-corrected chi connectivity index (χ1v) is 9.24. The second-order valence-corrected chi connectivity index (χ2v) is 6.97. The predicted molar refractivity (Wildman–Crippen MR) is 105 cm³/mol. The fraction of sp³-hybridized carbons (Fsp3) is 0.238. The third-order valence-corrected chi connectivity index (χ3v) is 4.71. The van der Waals surface area contributed by atoms with Gasteiger partial charge in [-0.3, -0.25) is 0 Å². The average Bonchev–Trinajstić information content (AvgIpc) is 3.37. The van der Waals surface area contributed by atoms with Crippen LogP contribution in [0.25, 0.3) is 22.4 Å². The van der Waals surface area contributed by atoms with Gasteiger partial charge in [0.2, 0.25) is 11.8 Å². The summed E-state index contributed by atoms with van der Waals surface area (Å²) in [6, 6.07) is 11.7. The summed E-state index contributed by atoms with van der Waals surface area (Å²) >= 11 is 0. The molecule has 0 bridgehead atoms. The lowest BCUT2D eigenvalue weighted by Gasteiger charge is -2.16. The quantitative estimate of drug-likeness (QED) is 0.455. The van der Waals surface area contributed by atoms with Gasteiger partial charge in [0.05, 0.1) is 6.04 Å². The molecule has 6 nitrogen and oxygen atoms in total. The Balaban J connectivity index is 1.51. The van der Waals surface area contributed by atoms with Gasteiger partial charge in [-0.1, -0.05) is 18.2 Å². The van der Waals surface area contributed by atoms with E-state index in [9.17, 15) is 13.2 Å². The fourth-order valence-corrected chi connectivity index (χ4v) is 3.21. The molecule has 4 aromatic rings. The lowest BCUT2D eigenvalue weighted by atomic mass is 10.1. The number of aromatic amines is 1. The molecule has 0 spiro atoms. The van der Waals surface area contributed by atoms with Crippen molar-refractivity contribution < 1.29 is 22.3 Å². The van der Waals surface area contributed by atoms with E-state index in [0.29, 0.717) is 17.5 Å². The highest BCUT2D eigenvalue weighted by molar-refractivity contribution is 5.83. The van der Waals surface area contributed by atoms with Crippen LogP contribution in [0, 0.1) is 6.92 Å². The van der Waals surface area contributed by atoms with Gasteiger partial charge in [0.1, 0.15) is 5.75 Å². The molecular weight excluding hydrogens is 397 g/mol.